The molecule has 0 saturated carbocycles. The van der Waals surface area contributed by atoms with Gasteiger partial charge in [-0.15, -0.1) is 0 Å². The molecule has 0 radical (unpaired) electrons. The quantitative estimate of drug-likeness (QED) is 0.542. The van der Waals surface area contributed by atoms with Gasteiger partial charge in [-0.1, -0.05) is 24.3 Å². The molecule has 3 N–H and O–H groups in total. The topological polar surface area (TPSA) is 130 Å². The standard InChI is InChI=1S/C19H21N3O5S2/c20-10-12-22(13-14-28(24,25)15-5-2-1-3-6-15)29(26,27)18-8-4-7-17-16(18)9-11-21-19(17)23/h1-9,11H,10,12-14,20H2,(H,21,23). The van der Waals surface area contributed by atoms with E-state index in [-0.39, 0.29) is 46.0 Å². The lowest BCUT2D eigenvalue weighted by Crippen LogP contribution is -2.38. The molecule has 29 heavy (non-hydrogen) atoms. The minimum absolute atomic E-state index is 0.0238. The third-order valence-electron chi connectivity index (χ3n) is 4.48. The number of hydrogen-bond acceptors (Lipinski definition) is 6. The van der Waals surface area contributed by atoms with Gasteiger partial charge < -0.3 is 10.7 Å². The molecule has 0 aliphatic heterocycles. The van der Waals surface area contributed by atoms with E-state index in [4.69, 9.17) is 5.73 Å². The Morgan fingerprint density at radius 1 is 0.862 bits per heavy atom. The summed E-state index contributed by atoms with van der Waals surface area (Å²) in [6.45, 7) is -0.279. The number of aromatic nitrogens is 1. The Hall–Kier alpha value is -2.53. The zero-order valence-corrected chi connectivity index (χ0v) is 17.1. The summed E-state index contributed by atoms with van der Waals surface area (Å²) in [7, 11) is -7.74. The summed E-state index contributed by atoms with van der Waals surface area (Å²) in [6.07, 6.45) is 1.37. The molecule has 1 heterocycles. The fourth-order valence-corrected chi connectivity index (χ4v) is 6.07. The average molecular weight is 436 g/mol. The summed E-state index contributed by atoms with van der Waals surface area (Å²) in [5.41, 5.74) is 5.17. The van der Waals surface area contributed by atoms with Crippen LogP contribution in [0, 0.1) is 0 Å². The number of nitrogens with zero attached hydrogens (tertiary/aromatic N) is 1. The van der Waals surface area contributed by atoms with Crippen LogP contribution in [-0.4, -0.2) is 51.5 Å². The van der Waals surface area contributed by atoms with Crippen LogP contribution >= 0.6 is 0 Å². The number of sulfone groups is 1. The first kappa shape index (κ1) is 21.2. The van der Waals surface area contributed by atoms with Crippen molar-refractivity contribution >= 4 is 30.6 Å². The van der Waals surface area contributed by atoms with Crippen molar-refractivity contribution in [3.8, 4) is 0 Å². The molecule has 0 fully saturated rings. The molecule has 0 aliphatic carbocycles. The van der Waals surface area contributed by atoms with Crippen molar-refractivity contribution < 1.29 is 16.8 Å². The molecule has 0 bridgehead atoms. The molecule has 1 aromatic heterocycles. The number of hydrogen-bond donors (Lipinski definition) is 2. The minimum atomic E-state index is -4.08. The van der Waals surface area contributed by atoms with E-state index in [2.05, 4.69) is 4.98 Å². The summed E-state index contributed by atoms with van der Waals surface area (Å²) in [5, 5.41) is 0.502. The number of fused-ring (bicyclic) bond motifs is 1. The van der Waals surface area contributed by atoms with Crippen molar-refractivity contribution in [2.45, 2.75) is 9.79 Å². The monoisotopic (exact) mass is 435 g/mol. The summed E-state index contributed by atoms with van der Waals surface area (Å²) in [6, 6.07) is 13.8. The van der Waals surface area contributed by atoms with Crippen LogP contribution in [0.2, 0.25) is 0 Å². The minimum Gasteiger partial charge on any atom is -0.329 e. The maximum absolute atomic E-state index is 13.3. The number of H-pyrrole nitrogens is 1. The highest BCUT2D eigenvalue weighted by atomic mass is 32.2. The van der Waals surface area contributed by atoms with Gasteiger partial charge in [0.2, 0.25) is 10.0 Å². The lowest BCUT2D eigenvalue weighted by atomic mass is 10.2. The van der Waals surface area contributed by atoms with Crippen molar-refractivity contribution in [3.05, 3.63) is 71.1 Å². The molecule has 0 saturated heterocycles. The molecule has 0 aliphatic rings. The molecule has 8 nitrogen and oxygen atoms in total. The van der Waals surface area contributed by atoms with Gasteiger partial charge in [0.25, 0.3) is 5.56 Å². The van der Waals surface area contributed by atoms with Crippen LogP contribution in [-0.2, 0) is 19.9 Å². The highest BCUT2D eigenvalue weighted by molar-refractivity contribution is 7.91. The third kappa shape index (κ3) is 4.40. The van der Waals surface area contributed by atoms with E-state index >= 15 is 0 Å². The van der Waals surface area contributed by atoms with E-state index in [0.29, 0.717) is 0 Å². The van der Waals surface area contributed by atoms with Crippen LogP contribution in [0.3, 0.4) is 0 Å². The first-order valence-electron chi connectivity index (χ1n) is 8.86. The van der Waals surface area contributed by atoms with E-state index in [0.717, 1.165) is 4.31 Å². The van der Waals surface area contributed by atoms with Crippen molar-refractivity contribution in [1.29, 1.82) is 0 Å². The van der Waals surface area contributed by atoms with E-state index < -0.39 is 25.4 Å². The van der Waals surface area contributed by atoms with Gasteiger partial charge in [-0.25, -0.2) is 16.8 Å². The second kappa shape index (κ2) is 8.46. The highest BCUT2D eigenvalue weighted by Crippen LogP contribution is 2.24. The molecule has 0 unspecified atom stereocenters. The number of pyridine rings is 1. The van der Waals surface area contributed by atoms with Crippen LogP contribution in [0.4, 0.5) is 0 Å². The molecule has 0 spiro atoms. The van der Waals surface area contributed by atoms with Crippen molar-refractivity contribution in [2.75, 3.05) is 25.4 Å². The number of rotatable bonds is 8. The normalized spacial score (nSPS) is 12.5. The fourth-order valence-electron chi connectivity index (χ4n) is 3.02. The van der Waals surface area contributed by atoms with Crippen molar-refractivity contribution in [3.63, 3.8) is 0 Å². The summed E-state index contributed by atoms with van der Waals surface area (Å²) in [4.78, 5) is 14.6. The first-order chi connectivity index (χ1) is 13.8. The first-order valence-corrected chi connectivity index (χ1v) is 11.9. The predicted octanol–water partition coefficient (Wildman–Crippen LogP) is 0.951. The fraction of sp³-hybridized carbons (Fsp3) is 0.211. The molecule has 0 atom stereocenters. The summed E-state index contributed by atoms with van der Waals surface area (Å²) in [5.74, 6) is -0.387. The van der Waals surface area contributed by atoms with E-state index in [1.807, 2.05) is 0 Å². The Labute approximate surface area is 168 Å². The number of nitrogens with two attached hydrogens (primary N) is 1. The van der Waals surface area contributed by atoms with Gasteiger partial charge in [0.05, 0.1) is 15.5 Å². The molecule has 3 aromatic rings. The second-order valence-corrected chi connectivity index (χ2v) is 10.4. The maximum Gasteiger partial charge on any atom is 0.255 e. The van der Waals surface area contributed by atoms with Gasteiger partial charge in [-0.3, -0.25) is 4.79 Å². The van der Waals surface area contributed by atoms with Gasteiger partial charge in [0, 0.05) is 36.6 Å². The zero-order chi connectivity index (χ0) is 21.1. The molecular formula is C19H21N3O5S2. The van der Waals surface area contributed by atoms with Crippen LogP contribution in [0.25, 0.3) is 10.8 Å². The number of nitrogens with one attached hydrogen (secondary N) is 1. The van der Waals surface area contributed by atoms with Crippen LogP contribution in [0.15, 0.2) is 75.4 Å². The summed E-state index contributed by atoms with van der Waals surface area (Å²) < 4.78 is 52.7. The Kier molecular flexibility index (Phi) is 6.18. The Bertz CT molecular complexity index is 1270. The SMILES string of the molecule is NCCN(CCS(=O)(=O)c1ccccc1)S(=O)(=O)c1cccc2c(=O)[nH]ccc12. The Balaban J connectivity index is 1.97. The van der Waals surface area contributed by atoms with Gasteiger partial charge in [-0.2, -0.15) is 4.31 Å². The van der Waals surface area contributed by atoms with Crippen LogP contribution < -0.4 is 11.3 Å². The number of sulfonamides is 1. The second-order valence-electron chi connectivity index (χ2n) is 6.35. The molecular weight excluding hydrogens is 414 g/mol. The molecule has 0 amide bonds. The van der Waals surface area contributed by atoms with Crippen molar-refractivity contribution in [2.24, 2.45) is 5.73 Å². The van der Waals surface area contributed by atoms with E-state index in [9.17, 15) is 21.6 Å². The third-order valence-corrected chi connectivity index (χ3v) is 8.15. The Morgan fingerprint density at radius 2 is 1.59 bits per heavy atom. The summed E-state index contributed by atoms with van der Waals surface area (Å²) >= 11 is 0. The molecule has 3 rings (SSSR count). The Morgan fingerprint density at radius 3 is 2.28 bits per heavy atom. The van der Waals surface area contributed by atoms with Gasteiger partial charge in [0.1, 0.15) is 0 Å². The largest absolute Gasteiger partial charge is 0.329 e. The molecule has 10 heteroatoms. The van der Waals surface area contributed by atoms with Gasteiger partial charge in [-0.05, 0) is 30.3 Å². The predicted molar refractivity (Wildman–Crippen MR) is 111 cm³/mol. The maximum atomic E-state index is 13.3. The molecule has 154 valence electrons. The van der Waals surface area contributed by atoms with Crippen LogP contribution in [0.5, 0.6) is 0 Å². The average Bonchev–Trinajstić information content (AvgIpc) is 2.71. The zero-order valence-electron chi connectivity index (χ0n) is 15.5. The smallest absolute Gasteiger partial charge is 0.255 e. The van der Waals surface area contributed by atoms with Gasteiger partial charge in [0.15, 0.2) is 9.84 Å². The van der Waals surface area contributed by atoms with Crippen LogP contribution in [0.1, 0.15) is 0 Å². The lowest BCUT2D eigenvalue weighted by Gasteiger charge is -2.22. The van der Waals surface area contributed by atoms with E-state index in [1.54, 1.807) is 18.2 Å². The number of benzene rings is 2. The highest BCUT2D eigenvalue weighted by Gasteiger charge is 2.28. The van der Waals surface area contributed by atoms with E-state index in [1.165, 1.54) is 42.6 Å². The number of aromatic amines is 1. The van der Waals surface area contributed by atoms with Crippen molar-refractivity contribution in [1.82, 2.24) is 9.29 Å². The van der Waals surface area contributed by atoms with Gasteiger partial charge >= 0.3 is 0 Å². The molecule has 2 aromatic carbocycles. The lowest BCUT2D eigenvalue weighted by molar-refractivity contribution is 0.435.